The van der Waals surface area contributed by atoms with Crippen molar-refractivity contribution in [3.8, 4) is 0 Å². The third-order valence-electron chi connectivity index (χ3n) is 3.97. The molecule has 2 rings (SSSR count). The van der Waals surface area contributed by atoms with Crippen LogP contribution in [-0.2, 0) is 0 Å². The van der Waals surface area contributed by atoms with Crippen LogP contribution in [0, 0.1) is 19.8 Å². The first-order valence-corrected chi connectivity index (χ1v) is 6.97. The lowest BCUT2D eigenvalue weighted by Crippen LogP contribution is -2.24. The van der Waals surface area contributed by atoms with Crippen LogP contribution in [0.1, 0.15) is 55.3 Å². The van der Waals surface area contributed by atoms with Crippen LogP contribution in [0.4, 0.5) is 0 Å². The van der Waals surface area contributed by atoms with Crippen molar-refractivity contribution >= 4 is 0 Å². The molecule has 1 fully saturated rings. The maximum absolute atomic E-state index is 3.65. The van der Waals surface area contributed by atoms with E-state index in [0.717, 1.165) is 5.92 Å². The molecular weight excluding hydrogens is 206 g/mol. The zero-order chi connectivity index (χ0) is 12.3. The minimum Gasteiger partial charge on any atom is -0.310 e. The Bertz CT molecular complexity index is 346. The van der Waals surface area contributed by atoms with Gasteiger partial charge < -0.3 is 5.32 Å². The molecule has 1 aromatic rings. The molecule has 1 heteroatoms. The highest BCUT2D eigenvalue weighted by Crippen LogP contribution is 2.29. The third kappa shape index (κ3) is 3.57. The van der Waals surface area contributed by atoms with Gasteiger partial charge in [-0.05, 0) is 45.2 Å². The summed E-state index contributed by atoms with van der Waals surface area (Å²) in [5, 5.41) is 3.65. The van der Waals surface area contributed by atoms with E-state index in [9.17, 15) is 0 Å². The van der Waals surface area contributed by atoms with E-state index in [1.54, 1.807) is 0 Å². The summed E-state index contributed by atoms with van der Waals surface area (Å²) in [5.41, 5.74) is 4.16. The van der Waals surface area contributed by atoms with Gasteiger partial charge in [-0.15, -0.1) is 0 Å². The van der Waals surface area contributed by atoms with Crippen LogP contribution in [0.5, 0.6) is 0 Å². The molecule has 94 valence electrons. The van der Waals surface area contributed by atoms with E-state index in [2.05, 4.69) is 44.3 Å². The van der Waals surface area contributed by atoms with Gasteiger partial charge in [-0.25, -0.2) is 0 Å². The van der Waals surface area contributed by atoms with E-state index in [4.69, 9.17) is 0 Å². The summed E-state index contributed by atoms with van der Waals surface area (Å²) < 4.78 is 0. The monoisotopic (exact) mass is 231 g/mol. The molecule has 0 radical (unpaired) electrons. The highest BCUT2D eigenvalue weighted by molar-refractivity contribution is 5.30. The lowest BCUT2D eigenvalue weighted by molar-refractivity contribution is 0.288. The average molecular weight is 231 g/mol. The SMILES string of the molecule is Cc1cc(C)cc(C(C)NCCC2CCC2)c1. The van der Waals surface area contributed by atoms with Crippen molar-refractivity contribution in [1.29, 1.82) is 0 Å². The van der Waals surface area contributed by atoms with Crippen molar-refractivity contribution in [2.75, 3.05) is 6.54 Å². The molecule has 0 aromatic heterocycles. The van der Waals surface area contributed by atoms with E-state index in [-0.39, 0.29) is 0 Å². The van der Waals surface area contributed by atoms with Crippen molar-refractivity contribution < 1.29 is 0 Å². The number of hydrogen-bond acceptors (Lipinski definition) is 1. The normalized spacial score (nSPS) is 17.8. The van der Waals surface area contributed by atoms with Crippen LogP contribution in [0.25, 0.3) is 0 Å². The van der Waals surface area contributed by atoms with E-state index in [1.807, 2.05) is 0 Å². The molecule has 0 bridgehead atoms. The fourth-order valence-corrected chi connectivity index (χ4v) is 2.66. The molecule has 1 nitrogen and oxygen atoms in total. The topological polar surface area (TPSA) is 12.0 Å². The first-order chi connectivity index (χ1) is 8.15. The molecule has 1 aliphatic rings. The maximum Gasteiger partial charge on any atom is 0.0291 e. The van der Waals surface area contributed by atoms with Crippen molar-refractivity contribution in [2.24, 2.45) is 5.92 Å². The van der Waals surface area contributed by atoms with Gasteiger partial charge in [0.25, 0.3) is 0 Å². The van der Waals surface area contributed by atoms with Gasteiger partial charge in [-0.1, -0.05) is 48.6 Å². The molecule has 1 unspecified atom stereocenters. The Morgan fingerprint density at radius 1 is 1.18 bits per heavy atom. The Kier molecular flexibility index (Phi) is 4.22. The number of aryl methyl sites for hydroxylation is 2. The van der Waals surface area contributed by atoms with E-state index >= 15 is 0 Å². The fraction of sp³-hybridized carbons (Fsp3) is 0.625. The van der Waals surface area contributed by atoms with Gasteiger partial charge in [0.05, 0.1) is 0 Å². The number of hydrogen-bond donors (Lipinski definition) is 1. The van der Waals surface area contributed by atoms with Gasteiger partial charge in [0, 0.05) is 6.04 Å². The Morgan fingerprint density at radius 2 is 1.82 bits per heavy atom. The summed E-state index contributed by atoms with van der Waals surface area (Å²) in [4.78, 5) is 0. The van der Waals surface area contributed by atoms with Gasteiger partial charge in [0.15, 0.2) is 0 Å². The number of benzene rings is 1. The van der Waals surface area contributed by atoms with Gasteiger partial charge in [-0.2, -0.15) is 0 Å². The van der Waals surface area contributed by atoms with Gasteiger partial charge >= 0.3 is 0 Å². The Morgan fingerprint density at radius 3 is 2.35 bits per heavy atom. The van der Waals surface area contributed by atoms with Crippen LogP contribution in [-0.4, -0.2) is 6.54 Å². The second kappa shape index (κ2) is 5.68. The van der Waals surface area contributed by atoms with Crippen molar-refractivity contribution in [2.45, 2.75) is 52.5 Å². The summed E-state index contributed by atoms with van der Waals surface area (Å²) in [5.74, 6) is 1.01. The van der Waals surface area contributed by atoms with E-state index < -0.39 is 0 Å². The average Bonchev–Trinajstić information content (AvgIpc) is 2.20. The second-order valence-corrected chi connectivity index (χ2v) is 5.68. The smallest absolute Gasteiger partial charge is 0.0291 e. The minimum atomic E-state index is 0.480. The third-order valence-corrected chi connectivity index (χ3v) is 3.97. The highest BCUT2D eigenvalue weighted by Gasteiger charge is 2.16. The summed E-state index contributed by atoms with van der Waals surface area (Å²) >= 11 is 0. The summed E-state index contributed by atoms with van der Waals surface area (Å²) in [6.07, 6.45) is 5.73. The standard InChI is InChI=1S/C16H25N/c1-12-9-13(2)11-16(10-12)14(3)17-8-7-15-5-4-6-15/h9-11,14-15,17H,4-8H2,1-3H3. The molecule has 0 amide bonds. The van der Waals surface area contributed by atoms with Crippen LogP contribution < -0.4 is 5.32 Å². The van der Waals surface area contributed by atoms with Gasteiger partial charge in [-0.3, -0.25) is 0 Å². The first-order valence-electron chi connectivity index (χ1n) is 6.97. The van der Waals surface area contributed by atoms with Gasteiger partial charge in [0.1, 0.15) is 0 Å². The zero-order valence-corrected chi connectivity index (χ0v) is 11.4. The highest BCUT2D eigenvalue weighted by atomic mass is 14.9. The zero-order valence-electron chi connectivity index (χ0n) is 11.4. The first kappa shape index (κ1) is 12.6. The summed E-state index contributed by atoms with van der Waals surface area (Å²) in [7, 11) is 0. The molecule has 1 aromatic carbocycles. The maximum atomic E-state index is 3.65. The largest absolute Gasteiger partial charge is 0.310 e. The predicted molar refractivity (Wildman–Crippen MR) is 74.3 cm³/mol. The quantitative estimate of drug-likeness (QED) is 0.803. The fourth-order valence-electron chi connectivity index (χ4n) is 2.66. The Hall–Kier alpha value is -0.820. The molecule has 17 heavy (non-hydrogen) atoms. The van der Waals surface area contributed by atoms with Crippen molar-refractivity contribution in [1.82, 2.24) is 5.32 Å². The van der Waals surface area contributed by atoms with Crippen LogP contribution in [0.2, 0.25) is 0 Å². The molecule has 1 atom stereocenters. The lowest BCUT2D eigenvalue weighted by Gasteiger charge is -2.26. The Labute approximate surface area is 106 Å². The summed E-state index contributed by atoms with van der Waals surface area (Å²) in [6.45, 7) is 7.79. The van der Waals surface area contributed by atoms with E-state index in [0.29, 0.717) is 6.04 Å². The molecular formula is C16H25N. The molecule has 0 aliphatic heterocycles. The van der Waals surface area contributed by atoms with Crippen molar-refractivity contribution in [3.63, 3.8) is 0 Å². The molecule has 0 heterocycles. The van der Waals surface area contributed by atoms with Crippen LogP contribution in [0.15, 0.2) is 18.2 Å². The van der Waals surface area contributed by atoms with Crippen molar-refractivity contribution in [3.05, 3.63) is 34.9 Å². The number of nitrogens with one attached hydrogen (secondary N) is 1. The van der Waals surface area contributed by atoms with Gasteiger partial charge in [0.2, 0.25) is 0 Å². The predicted octanol–water partition coefficient (Wildman–Crippen LogP) is 4.14. The lowest BCUT2D eigenvalue weighted by atomic mass is 9.83. The second-order valence-electron chi connectivity index (χ2n) is 5.68. The van der Waals surface area contributed by atoms with E-state index in [1.165, 1.54) is 48.9 Å². The molecule has 1 aliphatic carbocycles. The van der Waals surface area contributed by atoms with Crippen LogP contribution >= 0.6 is 0 Å². The summed E-state index contributed by atoms with van der Waals surface area (Å²) in [6, 6.07) is 7.32. The molecule has 1 saturated carbocycles. The number of rotatable bonds is 5. The molecule has 0 spiro atoms. The Balaban J connectivity index is 1.83. The molecule has 0 saturated heterocycles. The van der Waals surface area contributed by atoms with Crippen LogP contribution in [0.3, 0.4) is 0 Å². The molecule has 1 N–H and O–H groups in total. The minimum absolute atomic E-state index is 0.480.